The minimum absolute atomic E-state index is 0.0876. The second-order valence-corrected chi connectivity index (χ2v) is 11.5. The number of hydrogen-bond donors (Lipinski definition) is 3. The van der Waals surface area contributed by atoms with Gasteiger partial charge < -0.3 is 25.2 Å². The highest BCUT2D eigenvalue weighted by Crippen LogP contribution is 2.29. The van der Waals surface area contributed by atoms with Gasteiger partial charge in [-0.2, -0.15) is 9.97 Å². The summed E-state index contributed by atoms with van der Waals surface area (Å²) in [4.78, 5) is 25.3. The summed E-state index contributed by atoms with van der Waals surface area (Å²) < 4.78 is 1.94. The lowest BCUT2D eigenvalue weighted by Crippen LogP contribution is -2.41. The van der Waals surface area contributed by atoms with E-state index in [1.54, 1.807) is 12.1 Å². The van der Waals surface area contributed by atoms with E-state index >= 15 is 0 Å². The molecule has 1 aliphatic heterocycles. The van der Waals surface area contributed by atoms with Crippen LogP contribution in [0.1, 0.15) is 56.9 Å². The first-order valence-corrected chi connectivity index (χ1v) is 14.6. The molecule has 2 fully saturated rings. The first-order chi connectivity index (χ1) is 18.9. The summed E-state index contributed by atoms with van der Waals surface area (Å²) >= 11 is 12.4. The van der Waals surface area contributed by atoms with Gasteiger partial charge in [-0.15, -0.1) is 0 Å². The molecule has 1 saturated heterocycles. The van der Waals surface area contributed by atoms with Crippen molar-refractivity contribution in [3.05, 3.63) is 64.4 Å². The van der Waals surface area contributed by atoms with Gasteiger partial charge in [0, 0.05) is 48.1 Å². The van der Waals surface area contributed by atoms with Crippen molar-refractivity contribution >= 4 is 40.9 Å². The first kappa shape index (κ1) is 27.7. The number of aliphatic hydroxyl groups is 1. The van der Waals surface area contributed by atoms with Crippen LogP contribution in [-0.2, 0) is 11.3 Å². The molecule has 3 aromatic rings. The molecule has 2 aromatic heterocycles. The lowest BCUT2D eigenvalue weighted by Gasteiger charge is -2.30. The molecule has 1 saturated carbocycles. The lowest BCUT2D eigenvalue weighted by atomic mass is 9.84. The van der Waals surface area contributed by atoms with Gasteiger partial charge in [0.1, 0.15) is 17.7 Å². The normalized spacial score (nSPS) is 17.7. The van der Waals surface area contributed by atoms with E-state index in [0.29, 0.717) is 60.2 Å². The largest absolute Gasteiger partial charge is 0.393 e. The quantitative estimate of drug-likeness (QED) is 0.310. The van der Waals surface area contributed by atoms with Crippen molar-refractivity contribution in [2.75, 3.05) is 23.3 Å². The molecular weight excluding hydrogens is 535 g/mol. The lowest BCUT2D eigenvalue weighted by molar-refractivity contribution is -0.122. The molecule has 0 bridgehead atoms. The van der Waals surface area contributed by atoms with Gasteiger partial charge in [-0.1, -0.05) is 61.4 Å². The topological polar surface area (TPSA) is 95.3 Å². The zero-order valence-electron chi connectivity index (χ0n) is 22.0. The third-order valence-electron chi connectivity index (χ3n) is 7.72. The van der Waals surface area contributed by atoms with Crippen LogP contribution in [0.3, 0.4) is 0 Å². The van der Waals surface area contributed by atoms with E-state index in [0.717, 1.165) is 30.6 Å². The monoisotopic (exact) mass is 570 g/mol. The highest BCUT2D eigenvalue weighted by atomic mass is 35.5. The SMILES string of the molecule is O=C(NCc1ccc(Cl)cc1Cl)[C@@H](CC1CCCCC1)Nc1cc(-n2cccc2)nc(N2CCC(O)CC2)n1. The molecule has 0 spiro atoms. The summed E-state index contributed by atoms with van der Waals surface area (Å²) in [6.07, 6.45) is 11.6. The van der Waals surface area contributed by atoms with E-state index in [-0.39, 0.29) is 12.0 Å². The Balaban J connectivity index is 1.38. The predicted octanol–water partition coefficient (Wildman–Crippen LogP) is 5.60. The van der Waals surface area contributed by atoms with Gasteiger partial charge >= 0.3 is 0 Å². The van der Waals surface area contributed by atoms with Crippen molar-refractivity contribution in [3.63, 3.8) is 0 Å². The van der Waals surface area contributed by atoms with Gasteiger partial charge in [0.15, 0.2) is 0 Å². The zero-order valence-corrected chi connectivity index (χ0v) is 23.5. The standard InChI is InChI=1S/C29H36Cl2N6O2/c30-22-9-8-21(24(31)17-22)19-32-28(39)25(16-20-6-2-1-3-7-20)33-26-18-27(36-12-4-5-13-36)35-29(34-26)37-14-10-23(38)11-15-37/h4-5,8-9,12-13,17-18,20,23,25,38H,1-3,6-7,10-11,14-16,19H2,(H,32,39)(H,33,34,35)/t25-/m1/s1. The minimum atomic E-state index is -0.456. The van der Waals surface area contributed by atoms with Crippen molar-refractivity contribution in [2.24, 2.45) is 5.92 Å². The Kier molecular flexibility index (Phi) is 9.27. The Morgan fingerprint density at radius 1 is 1.03 bits per heavy atom. The molecule has 5 rings (SSSR count). The number of piperidine rings is 1. The van der Waals surface area contributed by atoms with Gasteiger partial charge in [-0.05, 0) is 55.0 Å². The highest BCUT2D eigenvalue weighted by molar-refractivity contribution is 6.35. The van der Waals surface area contributed by atoms with Crippen molar-refractivity contribution in [1.82, 2.24) is 19.9 Å². The summed E-state index contributed by atoms with van der Waals surface area (Å²) in [6, 6.07) is 10.6. The number of anilines is 2. The fourth-order valence-corrected chi connectivity index (χ4v) is 5.93. The third kappa shape index (κ3) is 7.44. The van der Waals surface area contributed by atoms with Crippen LogP contribution in [0, 0.1) is 5.92 Å². The maximum atomic E-state index is 13.6. The maximum Gasteiger partial charge on any atom is 0.242 e. The summed E-state index contributed by atoms with van der Waals surface area (Å²) in [5.74, 6) is 2.32. The number of halogens is 2. The van der Waals surface area contributed by atoms with Gasteiger partial charge in [-0.3, -0.25) is 4.79 Å². The van der Waals surface area contributed by atoms with Crippen LogP contribution in [0.25, 0.3) is 5.82 Å². The second-order valence-electron chi connectivity index (χ2n) is 10.6. The summed E-state index contributed by atoms with van der Waals surface area (Å²) in [7, 11) is 0. The van der Waals surface area contributed by atoms with Gasteiger partial charge in [0.05, 0.1) is 6.10 Å². The number of benzene rings is 1. The van der Waals surface area contributed by atoms with Crippen LogP contribution in [-0.4, -0.2) is 50.8 Å². The Labute approximate surface area is 239 Å². The zero-order chi connectivity index (χ0) is 27.2. The smallest absolute Gasteiger partial charge is 0.242 e. The van der Waals surface area contributed by atoms with Gasteiger partial charge in [-0.25, -0.2) is 0 Å². The number of nitrogens with one attached hydrogen (secondary N) is 2. The summed E-state index contributed by atoms with van der Waals surface area (Å²) in [5.41, 5.74) is 0.817. The van der Waals surface area contributed by atoms with E-state index in [1.807, 2.05) is 41.2 Å². The fraction of sp³-hybridized carbons (Fsp3) is 0.483. The number of nitrogens with zero attached hydrogens (tertiary/aromatic N) is 4. The first-order valence-electron chi connectivity index (χ1n) is 13.9. The molecule has 3 heterocycles. The number of amides is 1. The van der Waals surface area contributed by atoms with E-state index in [1.165, 1.54) is 19.3 Å². The van der Waals surface area contributed by atoms with E-state index < -0.39 is 6.04 Å². The Bertz CT molecular complexity index is 1240. The molecule has 1 atom stereocenters. The minimum Gasteiger partial charge on any atom is -0.393 e. The van der Waals surface area contributed by atoms with Crippen molar-refractivity contribution in [3.8, 4) is 5.82 Å². The van der Waals surface area contributed by atoms with E-state index in [9.17, 15) is 9.90 Å². The second kappa shape index (κ2) is 13.0. The molecule has 1 aliphatic carbocycles. The van der Waals surface area contributed by atoms with Crippen LogP contribution < -0.4 is 15.5 Å². The third-order valence-corrected chi connectivity index (χ3v) is 8.30. The molecule has 3 N–H and O–H groups in total. The van der Waals surface area contributed by atoms with Crippen molar-refractivity contribution in [2.45, 2.75) is 70.1 Å². The van der Waals surface area contributed by atoms with Crippen LogP contribution in [0.5, 0.6) is 0 Å². The average molecular weight is 572 g/mol. The summed E-state index contributed by atoms with van der Waals surface area (Å²) in [6.45, 7) is 1.69. The molecular formula is C29H36Cl2N6O2. The number of carbonyl (C=O) groups is 1. The summed E-state index contributed by atoms with van der Waals surface area (Å²) in [5, 5.41) is 17.6. The molecule has 1 aromatic carbocycles. The molecule has 2 aliphatic rings. The molecule has 208 valence electrons. The van der Waals surface area contributed by atoms with Gasteiger partial charge in [0.25, 0.3) is 0 Å². The number of carbonyl (C=O) groups excluding carboxylic acids is 1. The molecule has 10 heteroatoms. The average Bonchev–Trinajstić information content (AvgIpc) is 3.48. The number of rotatable bonds is 9. The Morgan fingerprint density at radius 3 is 2.49 bits per heavy atom. The molecule has 39 heavy (non-hydrogen) atoms. The maximum absolute atomic E-state index is 13.6. The number of hydrogen-bond acceptors (Lipinski definition) is 6. The highest BCUT2D eigenvalue weighted by Gasteiger charge is 2.26. The van der Waals surface area contributed by atoms with Crippen molar-refractivity contribution in [1.29, 1.82) is 0 Å². The van der Waals surface area contributed by atoms with Crippen LogP contribution in [0.2, 0.25) is 10.0 Å². The Hall–Kier alpha value is -2.81. The predicted molar refractivity (Wildman–Crippen MR) is 156 cm³/mol. The van der Waals surface area contributed by atoms with E-state index in [2.05, 4.69) is 15.5 Å². The van der Waals surface area contributed by atoms with Crippen LogP contribution >= 0.6 is 23.2 Å². The fourth-order valence-electron chi connectivity index (χ4n) is 5.46. The molecule has 8 nitrogen and oxygen atoms in total. The molecule has 1 amide bonds. The van der Waals surface area contributed by atoms with Crippen LogP contribution in [0.15, 0.2) is 48.8 Å². The Morgan fingerprint density at radius 2 is 1.77 bits per heavy atom. The number of aliphatic hydroxyl groups excluding tert-OH is 1. The van der Waals surface area contributed by atoms with Crippen molar-refractivity contribution < 1.29 is 9.90 Å². The van der Waals surface area contributed by atoms with Gasteiger partial charge in [0.2, 0.25) is 11.9 Å². The van der Waals surface area contributed by atoms with Crippen LogP contribution in [0.4, 0.5) is 11.8 Å². The molecule has 0 unspecified atom stereocenters. The molecule has 0 radical (unpaired) electrons. The number of aromatic nitrogens is 3. The van der Waals surface area contributed by atoms with E-state index in [4.69, 9.17) is 33.2 Å².